The topological polar surface area (TPSA) is 18.5 Å². The van der Waals surface area contributed by atoms with Crippen LogP contribution in [0.5, 0.6) is 0 Å². The van der Waals surface area contributed by atoms with Crippen molar-refractivity contribution in [1.82, 2.24) is 0 Å². The molecule has 0 saturated carbocycles. The van der Waals surface area contributed by atoms with E-state index in [0.29, 0.717) is 0 Å². The minimum absolute atomic E-state index is 0.830. The lowest BCUT2D eigenvalue weighted by molar-refractivity contribution is 0.246. The fraction of sp³-hybridized carbons (Fsp3) is 0.860. The van der Waals surface area contributed by atoms with Gasteiger partial charge in [0.25, 0.3) is 0 Å². The van der Waals surface area contributed by atoms with Gasteiger partial charge in [0.15, 0.2) is 0 Å². The van der Waals surface area contributed by atoms with Crippen LogP contribution in [0.15, 0.2) is 24.3 Å². The van der Waals surface area contributed by atoms with Crippen LogP contribution >= 0.6 is 8.38 Å². The predicted octanol–water partition coefficient (Wildman–Crippen LogP) is 15.5. The molecule has 270 valence electrons. The van der Waals surface area contributed by atoms with E-state index in [1.54, 1.807) is 0 Å². The van der Waals surface area contributed by atoms with Crippen molar-refractivity contribution in [2.75, 3.05) is 13.2 Å². The number of hydrogen-bond donors (Lipinski definition) is 0. The van der Waals surface area contributed by atoms with E-state index in [4.69, 9.17) is 9.05 Å². The molecule has 0 amide bonds. The van der Waals surface area contributed by atoms with E-state index in [1.807, 2.05) is 0 Å². The summed E-state index contributed by atoms with van der Waals surface area (Å²) in [5, 5.41) is 1.23. The number of unbranched alkanes of at least 4 members (excludes halogenated alkanes) is 30. The number of benzene rings is 1. The van der Waals surface area contributed by atoms with Crippen LogP contribution in [-0.4, -0.2) is 13.2 Å². The van der Waals surface area contributed by atoms with Crippen molar-refractivity contribution in [2.45, 2.75) is 226 Å². The third kappa shape index (κ3) is 29.7. The molecule has 0 bridgehead atoms. The molecule has 0 aromatic heterocycles. The van der Waals surface area contributed by atoms with Crippen LogP contribution in [0, 0.1) is 6.92 Å². The van der Waals surface area contributed by atoms with Crippen molar-refractivity contribution < 1.29 is 9.05 Å². The van der Waals surface area contributed by atoms with Crippen molar-refractivity contribution in [1.29, 1.82) is 0 Å². The van der Waals surface area contributed by atoms with Crippen LogP contribution < -0.4 is 5.30 Å². The number of hydrogen-bond acceptors (Lipinski definition) is 2. The summed E-state index contributed by atoms with van der Waals surface area (Å²) >= 11 is 0. The highest BCUT2D eigenvalue weighted by Crippen LogP contribution is 2.38. The Hall–Kier alpha value is -0.430. The molecule has 0 heterocycles. The third-order valence-electron chi connectivity index (χ3n) is 9.66. The first-order valence-electron chi connectivity index (χ1n) is 20.9. The summed E-state index contributed by atoms with van der Waals surface area (Å²) < 4.78 is 12.7. The highest BCUT2D eigenvalue weighted by atomic mass is 31.2. The van der Waals surface area contributed by atoms with Crippen molar-refractivity contribution in [2.24, 2.45) is 0 Å². The largest absolute Gasteiger partial charge is 0.331 e. The molecule has 0 aliphatic rings. The van der Waals surface area contributed by atoms with E-state index in [9.17, 15) is 0 Å². The van der Waals surface area contributed by atoms with Crippen LogP contribution in [0.2, 0.25) is 0 Å². The van der Waals surface area contributed by atoms with E-state index < -0.39 is 8.38 Å². The summed E-state index contributed by atoms with van der Waals surface area (Å²) in [4.78, 5) is 0. The minimum atomic E-state index is -0.955. The molecule has 3 heteroatoms. The van der Waals surface area contributed by atoms with Gasteiger partial charge in [-0.3, -0.25) is 0 Å². The fourth-order valence-corrected chi connectivity index (χ4v) is 7.80. The number of aryl methyl sites for hydroxylation is 1. The normalized spacial score (nSPS) is 11.7. The molecule has 0 unspecified atom stereocenters. The van der Waals surface area contributed by atoms with Gasteiger partial charge in [-0.05, 0) is 31.9 Å². The van der Waals surface area contributed by atoms with Crippen molar-refractivity contribution in [3.8, 4) is 0 Å². The molecule has 2 nitrogen and oxygen atoms in total. The second-order valence-corrected chi connectivity index (χ2v) is 15.9. The van der Waals surface area contributed by atoms with Crippen molar-refractivity contribution in [3.63, 3.8) is 0 Å². The maximum atomic E-state index is 6.36. The van der Waals surface area contributed by atoms with Crippen LogP contribution in [0.4, 0.5) is 0 Å². The number of rotatable bonds is 37. The van der Waals surface area contributed by atoms with E-state index in [2.05, 4.69) is 45.0 Å². The molecule has 0 radical (unpaired) electrons. The molecule has 1 rings (SSSR count). The second-order valence-electron chi connectivity index (χ2n) is 14.4. The Labute approximate surface area is 291 Å². The third-order valence-corrected chi connectivity index (χ3v) is 11.2. The zero-order valence-electron chi connectivity index (χ0n) is 31.6. The Morgan fingerprint density at radius 2 is 0.587 bits per heavy atom. The molecular formula is C43H81O2P. The molecule has 1 aromatic carbocycles. The van der Waals surface area contributed by atoms with Gasteiger partial charge < -0.3 is 9.05 Å². The smallest absolute Gasteiger partial charge is 0.205 e. The second kappa shape index (κ2) is 35.9. The molecule has 46 heavy (non-hydrogen) atoms. The summed E-state index contributed by atoms with van der Waals surface area (Å²) in [5.41, 5.74) is 1.30. The average Bonchev–Trinajstić information content (AvgIpc) is 3.07. The standard InChI is InChI=1S/C43H81O2P/c1-4-6-8-10-12-14-16-18-20-22-24-26-28-30-32-34-40-44-46(43-38-36-42(3)37-39-43)45-41-35-33-31-29-27-25-23-21-19-17-15-13-11-9-7-5-2/h36-39H,4-35,40-41H2,1-3H3. The molecule has 1 aromatic rings. The monoisotopic (exact) mass is 661 g/mol. The van der Waals surface area contributed by atoms with Gasteiger partial charge in [0, 0.05) is 5.30 Å². The van der Waals surface area contributed by atoms with Gasteiger partial charge in [-0.15, -0.1) is 0 Å². The summed E-state index contributed by atoms with van der Waals surface area (Å²) in [6.07, 6.45) is 44.9. The lowest BCUT2D eigenvalue weighted by atomic mass is 10.0. The Morgan fingerprint density at radius 3 is 0.848 bits per heavy atom. The fourth-order valence-electron chi connectivity index (χ4n) is 6.45. The van der Waals surface area contributed by atoms with Crippen molar-refractivity contribution in [3.05, 3.63) is 29.8 Å². The van der Waals surface area contributed by atoms with Crippen LogP contribution in [0.1, 0.15) is 225 Å². The van der Waals surface area contributed by atoms with Gasteiger partial charge in [-0.1, -0.05) is 224 Å². The summed E-state index contributed by atoms with van der Waals surface area (Å²) in [5.74, 6) is 0. The van der Waals surface area contributed by atoms with Gasteiger partial charge in [0.05, 0.1) is 13.2 Å². The first kappa shape index (κ1) is 43.6. The van der Waals surface area contributed by atoms with Crippen LogP contribution in [-0.2, 0) is 9.05 Å². The van der Waals surface area contributed by atoms with Crippen LogP contribution in [0.25, 0.3) is 0 Å². The molecular weight excluding hydrogens is 579 g/mol. The maximum Gasteiger partial charge on any atom is 0.205 e. The quantitative estimate of drug-likeness (QED) is 0.0522. The Morgan fingerprint density at radius 1 is 0.348 bits per heavy atom. The highest BCUT2D eigenvalue weighted by molar-refractivity contribution is 7.56. The minimum Gasteiger partial charge on any atom is -0.331 e. The SMILES string of the molecule is CCCCCCCCCCCCCCCCCCOP(OCCCCCCCCCCCCCCCCCC)c1ccc(C)cc1. The lowest BCUT2D eigenvalue weighted by Crippen LogP contribution is -2.07. The molecule has 0 saturated heterocycles. The summed E-state index contributed by atoms with van der Waals surface area (Å²) in [7, 11) is -0.955. The van der Waals surface area contributed by atoms with E-state index in [-0.39, 0.29) is 0 Å². The predicted molar refractivity (Wildman–Crippen MR) is 209 cm³/mol. The van der Waals surface area contributed by atoms with Gasteiger partial charge in [-0.25, -0.2) is 0 Å². The molecule has 0 spiro atoms. The van der Waals surface area contributed by atoms with Crippen molar-refractivity contribution >= 4 is 13.7 Å². The summed E-state index contributed by atoms with van der Waals surface area (Å²) in [6, 6.07) is 8.81. The van der Waals surface area contributed by atoms with E-state index in [0.717, 1.165) is 26.1 Å². The van der Waals surface area contributed by atoms with Gasteiger partial charge >= 0.3 is 0 Å². The van der Waals surface area contributed by atoms with E-state index in [1.165, 1.54) is 203 Å². The average molecular weight is 661 g/mol. The molecule has 0 N–H and O–H groups in total. The zero-order chi connectivity index (χ0) is 33.0. The van der Waals surface area contributed by atoms with Gasteiger partial charge in [0.2, 0.25) is 8.38 Å². The molecule has 0 fully saturated rings. The lowest BCUT2D eigenvalue weighted by Gasteiger charge is -2.18. The van der Waals surface area contributed by atoms with Gasteiger partial charge in [0.1, 0.15) is 0 Å². The molecule has 0 aliphatic heterocycles. The Bertz CT molecular complexity index is 667. The first-order valence-corrected chi connectivity index (χ1v) is 22.1. The highest BCUT2D eigenvalue weighted by Gasteiger charge is 2.14. The maximum absolute atomic E-state index is 6.36. The zero-order valence-corrected chi connectivity index (χ0v) is 32.5. The van der Waals surface area contributed by atoms with Gasteiger partial charge in [-0.2, -0.15) is 0 Å². The van der Waals surface area contributed by atoms with E-state index >= 15 is 0 Å². The summed E-state index contributed by atoms with van der Waals surface area (Å²) in [6.45, 7) is 8.42. The van der Waals surface area contributed by atoms with Crippen LogP contribution in [0.3, 0.4) is 0 Å². The Balaban J connectivity index is 1.99. The Kier molecular flexibility index (Phi) is 34.0. The molecule has 0 aliphatic carbocycles. The molecule has 0 atom stereocenters. The first-order chi connectivity index (χ1) is 22.8.